The summed E-state index contributed by atoms with van der Waals surface area (Å²) in [6.07, 6.45) is 8.97. The van der Waals surface area contributed by atoms with Gasteiger partial charge in [-0.2, -0.15) is 8.42 Å². The Morgan fingerprint density at radius 1 is 1.20 bits per heavy atom. The van der Waals surface area contributed by atoms with Crippen molar-refractivity contribution in [3.63, 3.8) is 0 Å². The molecule has 0 spiro atoms. The highest BCUT2D eigenvalue weighted by molar-refractivity contribution is 7.87. The summed E-state index contributed by atoms with van der Waals surface area (Å²) in [4.78, 5) is 0. The molecule has 0 N–H and O–H groups in total. The number of fused-ring (bicyclic) bond motifs is 3. The summed E-state index contributed by atoms with van der Waals surface area (Å²) in [6.45, 7) is 11.1. The molecule has 5 heteroatoms. The third kappa shape index (κ3) is 2.15. The van der Waals surface area contributed by atoms with Crippen LogP contribution < -0.4 is 0 Å². The molecule has 4 rings (SSSR count). The number of hydrogen-bond donors (Lipinski definition) is 0. The molecule has 0 amide bonds. The molecule has 25 heavy (non-hydrogen) atoms. The van der Waals surface area contributed by atoms with Crippen molar-refractivity contribution in [2.75, 3.05) is 6.61 Å². The summed E-state index contributed by atoms with van der Waals surface area (Å²) in [6, 6.07) is 0. The molecule has 0 aromatic rings. The number of allylic oxidation sites excluding steroid dienone is 1. The second kappa shape index (κ2) is 5.32. The van der Waals surface area contributed by atoms with Crippen LogP contribution in [-0.4, -0.2) is 26.1 Å². The van der Waals surface area contributed by atoms with E-state index in [-0.39, 0.29) is 16.2 Å². The van der Waals surface area contributed by atoms with Crippen LogP contribution >= 0.6 is 0 Å². The largest absolute Gasteiger partial charge is 0.348 e. The smallest absolute Gasteiger partial charge is 0.273 e. The Labute approximate surface area is 152 Å². The molecule has 2 bridgehead atoms. The molecule has 1 heterocycles. The van der Waals surface area contributed by atoms with Crippen molar-refractivity contribution < 1.29 is 17.3 Å². The van der Waals surface area contributed by atoms with E-state index in [1.54, 1.807) is 0 Å². The first-order chi connectivity index (χ1) is 11.6. The highest BCUT2D eigenvalue weighted by atomic mass is 32.2. The molecular formula is C20H32O4S. The highest BCUT2D eigenvalue weighted by Gasteiger charge is 2.68. The summed E-state index contributed by atoms with van der Waals surface area (Å²) < 4.78 is 39.0. The van der Waals surface area contributed by atoms with Gasteiger partial charge >= 0.3 is 0 Å². The second-order valence-electron chi connectivity index (χ2n) is 9.65. The SMILES string of the molecule is C=CCC12CCCC1(OS(=O)(=O)C1CC3CCC1(C)C3(C)C)OCC2. The molecule has 142 valence electrons. The fourth-order valence-electron chi connectivity index (χ4n) is 6.67. The molecule has 3 saturated carbocycles. The van der Waals surface area contributed by atoms with Crippen molar-refractivity contribution >= 4 is 10.1 Å². The van der Waals surface area contributed by atoms with Crippen LogP contribution in [0.1, 0.15) is 72.1 Å². The van der Waals surface area contributed by atoms with Gasteiger partial charge in [0.15, 0.2) is 5.79 Å². The van der Waals surface area contributed by atoms with E-state index in [1.165, 1.54) is 0 Å². The maximum absolute atomic E-state index is 13.4. The molecule has 4 fully saturated rings. The van der Waals surface area contributed by atoms with Gasteiger partial charge in [0.05, 0.1) is 11.9 Å². The minimum atomic E-state index is -3.68. The van der Waals surface area contributed by atoms with Crippen LogP contribution in [0.25, 0.3) is 0 Å². The van der Waals surface area contributed by atoms with Crippen molar-refractivity contribution in [2.45, 2.75) is 83.2 Å². The summed E-state index contributed by atoms with van der Waals surface area (Å²) in [5.74, 6) is -0.480. The zero-order valence-corrected chi connectivity index (χ0v) is 16.7. The molecule has 5 unspecified atom stereocenters. The van der Waals surface area contributed by atoms with Gasteiger partial charge in [-0.3, -0.25) is 0 Å². The van der Waals surface area contributed by atoms with Gasteiger partial charge in [-0.1, -0.05) is 26.8 Å². The zero-order chi connectivity index (χ0) is 18.1. The molecule has 5 atom stereocenters. The fourth-order valence-corrected chi connectivity index (χ4v) is 9.00. The van der Waals surface area contributed by atoms with E-state index in [4.69, 9.17) is 8.92 Å². The third-order valence-electron chi connectivity index (χ3n) is 8.73. The third-order valence-corrected chi connectivity index (χ3v) is 10.6. The Kier molecular flexibility index (Phi) is 3.83. The van der Waals surface area contributed by atoms with Gasteiger partial charge in [-0.05, 0) is 61.7 Å². The van der Waals surface area contributed by atoms with Crippen LogP contribution in [0.2, 0.25) is 0 Å². The molecule has 0 radical (unpaired) electrons. The summed E-state index contributed by atoms with van der Waals surface area (Å²) in [7, 11) is -3.68. The molecule has 4 aliphatic rings. The topological polar surface area (TPSA) is 52.6 Å². The fraction of sp³-hybridized carbons (Fsp3) is 0.900. The molecular weight excluding hydrogens is 336 g/mol. The van der Waals surface area contributed by atoms with Crippen molar-refractivity contribution in [3.05, 3.63) is 12.7 Å². The van der Waals surface area contributed by atoms with E-state index in [1.807, 2.05) is 6.08 Å². The summed E-state index contributed by atoms with van der Waals surface area (Å²) in [5, 5.41) is -0.408. The van der Waals surface area contributed by atoms with Crippen LogP contribution in [0, 0.1) is 22.2 Å². The van der Waals surface area contributed by atoms with Crippen LogP contribution in [-0.2, 0) is 19.0 Å². The maximum Gasteiger partial charge on any atom is 0.273 e. The molecule has 1 aliphatic heterocycles. The zero-order valence-electron chi connectivity index (χ0n) is 15.8. The molecule has 1 saturated heterocycles. The average Bonchev–Trinajstić information content (AvgIpc) is 3.12. The Morgan fingerprint density at radius 3 is 2.56 bits per heavy atom. The predicted molar refractivity (Wildman–Crippen MR) is 97.4 cm³/mol. The van der Waals surface area contributed by atoms with Gasteiger partial charge in [0, 0.05) is 11.8 Å². The van der Waals surface area contributed by atoms with E-state index < -0.39 is 21.2 Å². The quantitative estimate of drug-likeness (QED) is 0.533. The Balaban J connectivity index is 1.66. The van der Waals surface area contributed by atoms with Gasteiger partial charge in [0.2, 0.25) is 0 Å². The minimum absolute atomic E-state index is 0.0518. The molecule has 4 nitrogen and oxygen atoms in total. The summed E-state index contributed by atoms with van der Waals surface area (Å²) in [5.41, 5.74) is -0.364. The van der Waals surface area contributed by atoms with E-state index in [9.17, 15) is 8.42 Å². The van der Waals surface area contributed by atoms with Gasteiger partial charge in [0.25, 0.3) is 10.1 Å². The van der Waals surface area contributed by atoms with Gasteiger partial charge in [-0.15, -0.1) is 6.58 Å². The number of hydrogen-bond acceptors (Lipinski definition) is 4. The molecule has 0 aromatic heterocycles. The summed E-state index contributed by atoms with van der Waals surface area (Å²) >= 11 is 0. The van der Waals surface area contributed by atoms with Crippen LogP contribution in [0.4, 0.5) is 0 Å². The van der Waals surface area contributed by atoms with Crippen molar-refractivity contribution in [1.29, 1.82) is 0 Å². The number of rotatable bonds is 5. The van der Waals surface area contributed by atoms with Crippen LogP contribution in [0.15, 0.2) is 12.7 Å². The Hall–Kier alpha value is -0.390. The molecule has 3 aliphatic carbocycles. The standard InChI is InChI=1S/C20H32O4S/c1-5-8-19-9-6-10-20(19,23-13-12-19)24-25(21,22)16-14-15-7-11-18(16,4)17(15,2)3/h5,15-16H,1,6-14H2,2-4H3. The Morgan fingerprint density at radius 2 is 1.96 bits per heavy atom. The van der Waals surface area contributed by atoms with E-state index >= 15 is 0 Å². The lowest BCUT2D eigenvalue weighted by Crippen LogP contribution is -2.49. The lowest BCUT2D eigenvalue weighted by Gasteiger charge is -2.42. The van der Waals surface area contributed by atoms with Crippen LogP contribution in [0.5, 0.6) is 0 Å². The van der Waals surface area contributed by atoms with Crippen molar-refractivity contribution in [3.8, 4) is 0 Å². The normalized spacial score (nSPS) is 48.0. The van der Waals surface area contributed by atoms with Crippen LogP contribution in [0.3, 0.4) is 0 Å². The van der Waals surface area contributed by atoms with E-state index in [2.05, 4.69) is 27.4 Å². The van der Waals surface area contributed by atoms with E-state index in [0.29, 0.717) is 18.9 Å². The van der Waals surface area contributed by atoms with Crippen molar-refractivity contribution in [2.24, 2.45) is 22.2 Å². The first-order valence-corrected chi connectivity index (χ1v) is 11.3. The maximum atomic E-state index is 13.4. The second-order valence-corrected chi connectivity index (χ2v) is 11.4. The number of ether oxygens (including phenoxy) is 1. The van der Waals surface area contributed by atoms with Gasteiger partial charge in [-0.25, -0.2) is 4.18 Å². The average molecular weight is 369 g/mol. The lowest BCUT2D eigenvalue weighted by atomic mass is 9.71. The first-order valence-electron chi connectivity index (χ1n) is 9.82. The van der Waals surface area contributed by atoms with Gasteiger partial charge < -0.3 is 4.74 Å². The highest BCUT2D eigenvalue weighted by Crippen LogP contribution is 2.68. The van der Waals surface area contributed by atoms with E-state index in [0.717, 1.165) is 44.9 Å². The lowest BCUT2D eigenvalue weighted by molar-refractivity contribution is -0.188. The predicted octanol–water partition coefficient (Wildman–Crippen LogP) is 4.41. The molecule has 0 aromatic carbocycles. The first kappa shape index (κ1) is 18.0. The van der Waals surface area contributed by atoms with Gasteiger partial charge in [0.1, 0.15) is 0 Å². The van der Waals surface area contributed by atoms with Crippen molar-refractivity contribution in [1.82, 2.24) is 0 Å². The monoisotopic (exact) mass is 368 g/mol. The minimum Gasteiger partial charge on any atom is -0.348 e. The Bertz CT molecular complexity index is 670.